The monoisotopic (exact) mass is 407 g/mol. The maximum Gasteiger partial charge on any atom is 0.190 e. The molecule has 0 amide bonds. The third-order valence-electron chi connectivity index (χ3n) is 3.15. The van der Waals surface area contributed by atoms with E-state index >= 15 is 0 Å². The highest BCUT2D eigenvalue weighted by atomic mass is 127. The van der Waals surface area contributed by atoms with Gasteiger partial charge >= 0.3 is 0 Å². The number of rotatable bonds is 8. The number of hydrogen-bond acceptors (Lipinski definition) is 2. The standard InChI is InChI=1S/C15H29N5.HI/c1-13(2)7-5-8-17-15(16-4)18-11-14(3)12-20-10-6-9-19-20;/h6,9-10,13-14H,5,7-8,11-12H2,1-4H3,(H2,16,17,18);1H. The van der Waals surface area contributed by atoms with Crippen molar-refractivity contribution in [2.45, 2.75) is 40.2 Å². The van der Waals surface area contributed by atoms with Crippen molar-refractivity contribution in [3.05, 3.63) is 18.5 Å². The topological polar surface area (TPSA) is 54.2 Å². The van der Waals surface area contributed by atoms with E-state index in [9.17, 15) is 0 Å². The summed E-state index contributed by atoms with van der Waals surface area (Å²) in [6, 6.07) is 1.95. The van der Waals surface area contributed by atoms with Crippen LogP contribution in [-0.2, 0) is 6.54 Å². The molecule has 0 aliphatic carbocycles. The second-order valence-corrected chi connectivity index (χ2v) is 5.75. The smallest absolute Gasteiger partial charge is 0.190 e. The summed E-state index contributed by atoms with van der Waals surface area (Å²) in [7, 11) is 1.82. The first-order chi connectivity index (χ1) is 9.61. The van der Waals surface area contributed by atoms with E-state index in [0.29, 0.717) is 5.92 Å². The number of nitrogens with one attached hydrogen (secondary N) is 2. The lowest BCUT2D eigenvalue weighted by Gasteiger charge is -2.16. The highest BCUT2D eigenvalue weighted by Crippen LogP contribution is 2.01. The van der Waals surface area contributed by atoms with Gasteiger partial charge in [-0.1, -0.05) is 20.8 Å². The molecule has 5 nitrogen and oxygen atoms in total. The summed E-state index contributed by atoms with van der Waals surface area (Å²) in [4.78, 5) is 4.25. The minimum Gasteiger partial charge on any atom is -0.356 e. The summed E-state index contributed by atoms with van der Waals surface area (Å²) in [6.07, 6.45) is 6.24. The molecule has 0 aliphatic rings. The Morgan fingerprint density at radius 1 is 1.29 bits per heavy atom. The minimum atomic E-state index is 0. The summed E-state index contributed by atoms with van der Waals surface area (Å²) < 4.78 is 1.96. The van der Waals surface area contributed by atoms with E-state index in [-0.39, 0.29) is 24.0 Å². The molecule has 0 fully saturated rings. The first kappa shape index (κ1) is 20.2. The number of nitrogens with zero attached hydrogens (tertiary/aromatic N) is 3. The van der Waals surface area contributed by atoms with Gasteiger partial charge in [-0.2, -0.15) is 5.10 Å². The fraction of sp³-hybridized carbons (Fsp3) is 0.733. The van der Waals surface area contributed by atoms with Gasteiger partial charge in [0.15, 0.2) is 5.96 Å². The second kappa shape index (κ2) is 11.8. The molecule has 1 aromatic rings. The van der Waals surface area contributed by atoms with Crippen molar-refractivity contribution in [3.63, 3.8) is 0 Å². The summed E-state index contributed by atoms with van der Waals surface area (Å²) in [5.74, 6) is 2.16. The lowest BCUT2D eigenvalue weighted by atomic mass is 10.1. The molecule has 6 heteroatoms. The molecule has 2 N–H and O–H groups in total. The van der Waals surface area contributed by atoms with Crippen molar-refractivity contribution in [1.82, 2.24) is 20.4 Å². The molecule has 122 valence electrons. The van der Waals surface area contributed by atoms with Gasteiger partial charge in [0.05, 0.1) is 0 Å². The van der Waals surface area contributed by atoms with E-state index in [1.165, 1.54) is 12.8 Å². The average Bonchev–Trinajstić information content (AvgIpc) is 2.90. The van der Waals surface area contributed by atoms with Crippen molar-refractivity contribution in [2.24, 2.45) is 16.8 Å². The second-order valence-electron chi connectivity index (χ2n) is 5.75. The quantitative estimate of drug-likeness (QED) is 0.302. The van der Waals surface area contributed by atoms with Crippen LogP contribution in [0.15, 0.2) is 23.5 Å². The lowest BCUT2D eigenvalue weighted by molar-refractivity contribution is 0.443. The molecule has 1 aromatic heterocycles. The van der Waals surface area contributed by atoms with Gasteiger partial charge in [-0.25, -0.2) is 0 Å². The van der Waals surface area contributed by atoms with Gasteiger partial charge in [-0.15, -0.1) is 24.0 Å². The Kier molecular flexibility index (Phi) is 11.4. The highest BCUT2D eigenvalue weighted by Gasteiger charge is 2.05. The Morgan fingerprint density at radius 3 is 2.62 bits per heavy atom. The van der Waals surface area contributed by atoms with Crippen LogP contribution in [0.3, 0.4) is 0 Å². The van der Waals surface area contributed by atoms with Crippen LogP contribution in [0.4, 0.5) is 0 Å². The third kappa shape index (κ3) is 9.71. The summed E-state index contributed by atoms with van der Waals surface area (Å²) >= 11 is 0. The molecular weight excluding hydrogens is 377 g/mol. The van der Waals surface area contributed by atoms with Crippen LogP contribution in [0.2, 0.25) is 0 Å². The van der Waals surface area contributed by atoms with Crippen molar-refractivity contribution in [3.8, 4) is 0 Å². The zero-order valence-electron chi connectivity index (χ0n) is 13.7. The van der Waals surface area contributed by atoms with E-state index in [4.69, 9.17) is 0 Å². The predicted octanol–water partition coefficient (Wildman–Crippen LogP) is 2.74. The van der Waals surface area contributed by atoms with Crippen molar-refractivity contribution < 1.29 is 0 Å². The van der Waals surface area contributed by atoms with Crippen LogP contribution in [-0.4, -0.2) is 35.9 Å². The highest BCUT2D eigenvalue weighted by molar-refractivity contribution is 14.0. The maximum absolute atomic E-state index is 4.25. The number of hydrogen-bond donors (Lipinski definition) is 2. The molecule has 21 heavy (non-hydrogen) atoms. The maximum atomic E-state index is 4.25. The minimum absolute atomic E-state index is 0. The van der Waals surface area contributed by atoms with Crippen LogP contribution >= 0.6 is 24.0 Å². The summed E-state index contributed by atoms with van der Waals surface area (Å²) in [6.45, 7) is 9.51. The average molecular weight is 407 g/mol. The molecule has 1 rings (SSSR count). The molecule has 1 heterocycles. The van der Waals surface area contributed by atoms with E-state index in [1.807, 2.05) is 30.2 Å². The molecule has 0 aromatic carbocycles. The van der Waals surface area contributed by atoms with Crippen molar-refractivity contribution in [2.75, 3.05) is 20.1 Å². The Hall–Kier alpha value is -0.790. The van der Waals surface area contributed by atoms with Gasteiger partial charge < -0.3 is 10.6 Å². The van der Waals surface area contributed by atoms with Gasteiger partial charge in [-0.3, -0.25) is 9.67 Å². The predicted molar refractivity (Wildman–Crippen MR) is 100 cm³/mol. The molecule has 0 aliphatic heterocycles. The SMILES string of the molecule is CN=C(NCCCC(C)C)NCC(C)Cn1cccn1.I. The Labute approximate surface area is 146 Å². The lowest BCUT2D eigenvalue weighted by Crippen LogP contribution is -2.40. The van der Waals surface area contributed by atoms with Crippen molar-refractivity contribution in [1.29, 1.82) is 0 Å². The third-order valence-corrected chi connectivity index (χ3v) is 3.15. The van der Waals surface area contributed by atoms with Crippen LogP contribution in [0.25, 0.3) is 0 Å². The van der Waals surface area contributed by atoms with E-state index in [0.717, 1.165) is 31.5 Å². The van der Waals surface area contributed by atoms with Gasteiger partial charge in [0.25, 0.3) is 0 Å². The van der Waals surface area contributed by atoms with Crippen LogP contribution < -0.4 is 10.6 Å². The number of halogens is 1. The molecule has 1 unspecified atom stereocenters. The van der Waals surface area contributed by atoms with E-state index in [1.54, 1.807) is 0 Å². The normalized spacial score (nSPS) is 12.9. The Balaban J connectivity index is 0.00000400. The summed E-state index contributed by atoms with van der Waals surface area (Å²) in [5.41, 5.74) is 0. The van der Waals surface area contributed by atoms with Crippen molar-refractivity contribution >= 4 is 29.9 Å². The van der Waals surface area contributed by atoms with E-state index < -0.39 is 0 Å². The van der Waals surface area contributed by atoms with Gasteiger partial charge in [0, 0.05) is 39.1 Å². The Bertz CT molecular complexity index is 375. The van der Waals surface area contributed by atoms with Crippen LogP contribution in [0.1, 0.15) is 33.6 Å². The number of aliphatic imine (C=N–C) groups is 1. The Morgan fingerprint density at radius 2 is 2.05 bits per heavy atom. The first-order valence-corrected chi connectivity index (χ1v) is 7.53. The first-order valence-electron chi connectivity index (χ1n) is 7.53. The number of guanidine groups is 1. The van der Waals surface area contributed by atoms with Gasteiger partial charge in [0.1, 0.15) is 0 Å². The molecule has 0 saturated heterocycles. The van der Waals surface area contributed by atoms with E-state index in [2.05, 4.69) is 41.5 Å². The fourth-order valence-electron chi connectivity index (χ4n) is 2.00. The molecule has 1 atom stereocenters. The summed E-state index contributed by atoms with van der Waals surface area (Å²) in [5, 5.41) is 10.9. The largest absolute Gasteiger partial charge is 0.356 e. The fourth-order valence-corrected chi connectivity index (χ4v) is 2.00. The molecule has 0 radical (unpaired) electrons. The zero-order valence-corrected chi connectivity index (χ0v) is 16.0. The molecular formula is C15H30IN5. The van der Waals surface area contributed by atoms with Crippen LogP contribution in [0, 0.1) is 11.8 Å². The molecule has 0 saturated carbocycles. The van der Waals surface area contributed by atoms with Crippen LogP contribution in [0.5, 0.6) is 0 Å². The molecule has 0 spiro atoms. The van der Waals surface area contributed by atoms with Gasteiger partial charge in [-0.05, 0) is 30.7 Å². The van der Waals surface area contributed by atoms with Gasteiger partial charge in [0.2, 0.25) is 0 Å². The molecule has 0 bridgehead atoms. The number of aromatic nitrogens is 2. The zero-order chi connectivity index (χ0) is 14.8.